The summed E-state index contributed by atoms with van der Waals surface area (Å²) in [5.74, 6) is 1.96. The molecule has 14 heavy (non-hydrogen) atoms. The van der Waals surface area contributed by atoms with E-state index >= 15 is 0 Å². The maximum Gasteiger partial charge on any atom is 0.277 e. The molecule has 0 aromatic carbocycles. The zero-order valence-corrected chi connectivity index (χ0v) is 7.65. The van der Waals surface area contributed by atoms with E-state index in [-0.39, 0.29) is 17.6 Å². The minimum atomic E-state index is -0.438. The van der Waals surface area contributed by atoms with E-state index in [0.29, 0.717) is 6.42 Å². The standard InChI is InChI=1S/C8H10N4O2/c1-3-4-5(2)10-8(13)6-7(9)12-14-11-6/h1,5H,4H2,2H3,(H2,9,12)(H,10,13). The van der Waals surface area contributed by atoms with Gasteiger partial charge in [0, 0.05) is 12.5 Å². The number of hydrogen-bond donors (Lipinski definition) is 2. The number of terminal acetylenes is 1. The Labute approximate surface area is 80.8 Å². The normalized spacial score (nSPS) is 11.7. The molecule has 1 amide bonds. The highest BCUT2D eigenvalue weighted by Gasteiger charge is 2.17. The summed E-state index contributed by atoms with van der Waals surface area (Å²) in [5, 5.41) is 9.24. The second-order valence-electron chi connectivity index (χ2n) is 2.78. The monoisotopic (exact) mass is 194 g/mol. The van der Waals surface area contributed by atoms with Crippen molar-refractivity contribution in [2.45, 2.75) is 19.4 Å². The van der Waals surface area contributed by atoms with Gasteiger partial charge in [0.05, 0.1) is 0 Å². The molecule has 6 nitrogen and oxygen atoms in total. The van der Waals surface area contributed by atoms with E-state index < -0.39 is 5.91 Å². The fourth-order valence-electron chi connectivity index (χ4n) is 0.873. The van der Waals surface area contributed by atoms with E-state index in [1.807, 2.05) is 0 Å². The van der Waals surface area contributed by atoms with Crippen LogP contribution < -0.4 is 11.1 Å². The van der Waals surface area contributed by atoms with Crippen LogP contribution in [0.5, 0.6) is 0 Å². The van der Waals surface area contributed by atoms with Gasteiger partial charge in [-0.2, -0.15) is 0 Å². The van der Waals surface area contributed by atoms with E-state index in [0.717, 1.165) is 0 Å². The number of nitrogens with one attached hydrogen (secondary N) is 1. The molecule has 3 N–H and O–H groups in total. The third kappa shape index (κ3) is 2.23. The van der Waals surface area contributed by atoms with E-state index in [1.54, 1.807) is 6.92 Å². The third-order valence-corrected chi connectivity index (χ3v) is 1.53. The molecule has 0 bridgehead atoms. The van der Waals surface area contributed by atoms with E-state index in [4.69, 9.17) is 12.2 Å². The number of nitrogens with zero attached hydrogens (tertiary/aromatic N) is 2. The van der Waals surface area contributed by atoms with Gasteiger partial charge in [-0.15, -0.1) is 12.3 Å². The molecule has 0 saturated heterocycles. The second kappa shape index (κ2) is 4.28. The van der Waals surface area contributed by atoms with Crippen molar-refractivity contribution in [2.75, 3.05) is 5.73 Å². The SMILES string of the molecule is C#CCC(C)NC(=O)c1nonc1N. The number of aromatic nitrogens is 2. The lowest BCUT2D eigenvalue weighted by molar-refractivity contribution is 0.0931. The van der Waals surface area contributed by atoms with E-state index in [1.165, 1.54) is 0 Å². The first-order valence-electron chi connectivity index (χ1n) is 3.97. The molecule has 1 atom stereocenters. The smallest absolute Gasteiger partial charge is 0.277 e. The largest absolute Gasteiger partial charge is 0.379 e. The van der Waals surface area contributed by atoms with Crippen LogP contribution in [0.4, 0.5) is 5.82 Å². The van der Waals surface area contributed by atoms with Crippen molar-refractivity contribution in [3.63, 3.8) is 0 Å². The van der Waals surface area contributed by atoms with Crippen LogP contribution in [0.15, 0.2) is 4.63 Å². The Bertz CT molecular complexity index is 366. The molecule has 0 spiro atoms. The minimum Gasteiger partial charge on any atom is -0.379 e. The van der Waals surface area contributed by atoms with Crippen molar-refractivity contribution in [1.82, 2.24) is 15.6 Å². The van der Waals surface area contributed by atoms with Crippen molar-refractivity contribution < 1.29 is 9.42 Å². The van der Waals surface area contributed by atoms with Gasteiger partial charge in [-0.3, -0.25) is 4.79 Å². The van der Waals surface area contributed by atoms with Crippen LogP contribution in [0.25, 0.3) is 0 Å². The van der Waals surface area contributed by atoms with Crippen LogP contribution in [0.1, 0.15) is 23.8 Å². The Morgan fingerprint density at radius 2 is 2.50 bits per heavy atom. The van der Waals surface area contributed by atoms with Crippen LogP contribution in [0.2, 0.25) is 0 Å². The first-order chi connectivity index (χ1) is 6.65. The van der Waals surface area contributed by atoms with Crippen LogP contribution in [-0.4, -0.2) is 22.3 Å². The lowest BCUT2D eigenvalue weighted by atomic mass is 10.2. The van der Waals surface area contributed by atoms with Gasteiger partial charge in [-0.1, -0.05) is 0 Å². The first-order valence-corrected chi connectivity index (χ1v) is 3.97. The number of amides is 1. The molecule has 0 radical (unpaired) electrons. The molecule has 74 valence electrons. The highest BCUT2D eigenvalue weighted by atomic mass is 16.6. The molecule has 0 aliphatic rings. The Hall–Kier alpha value is -2.03. The number of nitrogen functional groups attached to an aromatic ring is 1. The maximum atomic E-state index is 11.4. The summed E-state index contributed by atoms with van der Waals surface area (Å²) in [6.45, 7) is 1.78. The summed E-state index contributed by atoms with van der Waals surface area (Å²) >= 11 is 0. The van der Waals surface area contributed by atoms with Crippen molar-refractivity contribution in [3.8, 4) is 12.3 Å². The van der Waals surface area contributed by atoms with E-state index in [2.05, 4.69) is 26.2 Å². The summed E-state index contributed by atoms with van der Waals surface area (Å²) in [6.07, 6.45) is 5.52. The predicted molar refractivity (Wildman–Crippen MR) is 49.1 cm³/mol. The van der Waals surface area contributed by atoms with Crippen molar-refractivity contribution in [3.05, 3.63) is 5.69 Å². The van der Waals surface area contributed by atoms with Crippen LogP contribution >= 0.6 is 0 Å². The highest BCUT2D eigenvalue weighted by molar-refractivity contribution is 5.96. The van der Waals surface area contributed by atoms with Crippen molar-refractivity contribution >= 4 is 11.7 Å². The molecule has 1 aromatic rings. The van der Waals surface area contributed by atoms with E-state index in [9.17, 15) is 4.79 Å². The molecule has 0 aliphatic heterocycles. The highest BCUT2D eigenvalue weighted by Crippen LogP contribution is 2.04. The van der Waals surface area contributed by atoms with Gasteiger partial charge >= 0.3 is 0 Å². The fraction of sp³-hybridized carbons (Fsp3) is 0.375. The van der Waals surface area contributed by atoms with Gasteiger partial charge in [0.25, 0.3) is 5.91 Å². The molecule has 1 unspecified atom stereocenters. The quantitative estimate of drug-likeness (QED) is 0.649. The summed E-state index contributed by atoms with van der Waals surface area (Å²) in [6, 6.07) is -0.136. The van der Waals surface area contributed by atoms with Gasteiger partial charge in [0.1, 0.15) is 0 Å². The van der Waals surface area contributed by atoms with Gasteiger partial charge in [0.2, 0.25) is 11.5 Å². The fourth-order valence-corrected chi connectivity index (χ4v) is 0.873. The number of carbonyl (C=O) groups excluding carboxylic acids is 1. The average Bonchev–Trinajstić information content (AvgIpc) is 2.51. The third-order valence-electron chi connectivity index (χ3n) is 1.53. The lowest BCUT2D eigenvalue weighted by Gasteiger charge is -2.08. The number of hydrogen-bond acceptors (Lipinski definition) is 5. The molecule has 1 heterocycles. The zero-order chi connectivity index (χ0) is 10.6. The molecule has 0 fully saturated rings. The number of carbonyl (C=O) groups is 1. The summed E-state index contributed by atoms with van der Waals surface area (Å²) in [4.78, 5) is 11.4. The summed E-state index contributed by atoms with van der Waals surface area (Å²) < 4.78 is 4.28. The Morgan fingerprint density at radius 3 is 3.00 bits per heavy atom. The van der Waals surface area contributed by atoms with Crippen LogP contribution in [-0.2, 0) is 0 Å². The van der Waals surface area contributed by atoms with Gasteiger partial charge in [0.15, 0.2) is 0 Å². The Morgan fingerprint density at radius 1 is 1.79 bits per heavy atom. The number of anilines is 1. The van der Waals surface area contributed by atoms with Gasteiger partial charge < -0.3 is 11.1 Å². The van der Waals surface area contributed by atoms with Crippen molar-refractivity contribution in [2.24, 2.45) is 0 Å². The van der Waals surface area contributed by atoms with Crippen molar-refractivity contribution in [1.29, 1.82) is 0 Å². The molecule has 1 rings (SSSR count). The number of rotatable bonds is 3. The lowest BCUT2D eigenvalue weighted by Crippen LogP contribution is -2.32. The zero-order valence-electron chi connectivity index (χ0n) is 7.65. The number of nitrogens with two attached hydrogens (primary N) is 1. The van der Waals surface area contributed by atoms with Gasteiger partial charge in [-0.25, -0.2) is 4.63 Å². The first kappa shape index (κ1) is 10.1. The molecular weight excluding hydrogens is 184 g/mol. The maximum absolute atomic E-state index is 11.4. The predicted octanol–water partition coefficient (Wildman–Crippen LogP) is -0.207. The second-order valence-corrected chi connectivity index (χ2v) is 2.78. The minimum absolute atomic E-state index is 0.0196. The molecule has 0 aliphatic carbocycles. The van der Waals surface area contributed by atoms with Crippen LogP contribution in [0.3, 0.4) is 0 Å². The average molecular weight is 194 g/mol. The molecule has 1 aromatic heterocycles. The van der Waals surface area contributed by atoms with Crippen LogP contribution in [0, 0.1) is 12.3 Å². The molecular formula is C8H10N4O2. The summed E-state index contributed by atoms with van der Waals surface area (Å²) in [5.41, 5.74) is 5.30. The van der Waals surface area contributed by atoms with Gasteiger partial charge in [-0.05, 0) is 17.2 Å². The summed E-state index contributed by atoms with van der Waals surface area (Å²) in [7, 11) is 0. The molecule has 0 saturated carbocycles. The molecule has 6 heteroatoms. The Kier molecular flexibility index (Phi) is 3.07. The Balaban J connectivity index is 2.60. The topological polar surface area (TPSA) is 94.0 Å².